The Hall–Kier alpha value is -2.41. The lowest BCUT2D eigenvalue weighted by atomic mass is 9.72. The first-order valence-electron chi connectivity index (χ1n) is 6.83. The molecule has 1 aromatic heterocycles. The smallest absolute Gasteiger partial charge is 0.0438 e. The highest BCUT2D eigenvalue weighted by atomic mass is 14.6. The lowest BCUT2D eigenvalue weighted by Crippen LogP contribution is -2.25. The van der Waals surface area contributed by atoms with Crippen molar-refractivity contribution in [3.63, 3.8) is 0 Å². The molecule has 1 heteroatoms. The molecule has 20 heavy (non-hydrogen) atoms. The minimum absolute atomic E-state index is 0.184. The highest BCUT2D eigenvalue weighted by Gasteiger charge is 2.30. The molecule has 3 rings (SSSR count). The number of nitrogens with zero attached hydrogens (tertiary/aromatic N) is 1. The van der Waals surface area contributed by atoms with Gasteiger partial charge in [0.05, 0.1) is 0 Å². The molecule has 0 aliphatic rings. The van der Waals surface area contributed by atoms with Crippen molar-refractivity contribution in [1.29, 1.82) is 0 Å². The monoisotopic (exact) mass is 259 g/mol. The lowest BCUT2D eigenvalue weighted by molar-refractivity contribution is 0.688. The van der Waals surface area contributed by atoms with E-state index in [2.05, 4.69) is 78.6 Å². The first kappa shape index (κ1) is 12.6. The molecule has 0 saturated carbocycles. The van der Waals surface area contributed by atoms with Crippen LogP contribution in [0.3, 0.4) is 0 Å². The second-order valence-corrected chi connectivity index (χ2v) is 5.10. The average molecular weight is 259 g/mol. The van der Waals surface area contributed by atoms with Crippen molar-refractivity contribution < 1.29 is 0 Å². The molecule has 2 aromatic carbocycles. The van der Waals surface area contributed by atoms with E-state index in [1.807, 2.05) is 18.5 Å². The molecule has 1 heterocycles. The molecule has 0 aliphatic heterocycles. The summed E-state index contributed by atoms with van der Waals surface area (Å²) in [5.41, 5.74) is 3.58. The Morgan fingerprint density at radius 3 is 1.60 bits per heavy atom. The summed E-state index contributed by atoms with van der Waals surface area (Å²) in [4.78, 5) is 4.30. The average Bonchev–Trinajstić information content (AvgIpc) is 2.56. The molecule has 0 bridgehead atoms. The third kappa shape index (κ3) is 2.12. The molecule has 0 unspecified atom stereocenters. The summed E-state index contributed by atoms with van der Waals surface area (Å²) in [7, 11) is 0. The highest BCUT2D eigenvalue weighted by Crippen LogP contribution is 2.37. The van der Waals surface area contributed by atoms with Gasteiger partial charge in [0.25, 0.3) is 0 Å². The molecule has 0 N–H and O–H groups in total. The number of pyridine rings is 1. The van der Waals surface area contributed by atoms with E-state index in [-0.39, 0.29) is 5.41 Å². The maximum Gasteiger partial charge on any atom is 0.0438 e. The minimum atomic E-state index is -0.184. The van der Waals surface area contributed by atoms with Crippen LogP contribution in [-0.2, 0) is 5.41 Å². The van der Waals surface area contributed by atoms with Gasteiger partial charge >= 0.3 is 0 Å². The molecule has 3 aromatic rings. The van der Waals surface area contributed by atoms with E-state index in [0.717, 1.165) is 0 Å². The minimum Gasteiger partial charge on any atom is -0.264 e. The lowest BCUT2D eigenvalue weighted by Gasteiger charge is -2.31. The van der Waals surface area contributed by atoms with Gasteiger partial charge in [-0.05, 0) is 29.7 Å². The maximum absolute atomic E-state index is 4.30. The SMILES string of the molecule is CC(c1ccccc1)(c1ccccc1)c1cccnc1. The molecule has 0 aliphatic carbocycles. The molecular formula is C19H17N. The number of benzene rings is 2. The Balaban J connectivity index is 2.24. The van der Waals surface area contributed by atoms with Crippen LogP contribution < -0.4 is 0 Å². The summed E-state index contributed by atoms with van der Waals surface area (Å²) in [6, 6.07) is 25.3. The van der Waals surface area contributed by atoms with Crippen molar-refractivity contribution in [3.8, 4) is 0 Å². The van der Waals surface area contributed by atoms with Gasteiger partial charge in [0.2, 0.25) is 0 Å². The van der Waals surface area contributed by atoms with Crippen molar-refractivity contribution in [2.45, 2.75) is 12.3 Å². The molecule has 0 spiro atoms. The van der Waals surface area contributed by atoms with Crippen LogP contribution in [0.4, 0.5) is 0 Å². The molecule has 0 atom stereocenters. The predicted molar refractivity (Wildman–Crippen MR) is 82.7 cm³/mol. The summed E-state index contributed by atoms with van der Waals surface area (Å²) < 4.78 is 0. The summed E-state index contributed by atoms with van der Waals surface area (Å²) in [5, 5.41) is 0. The zero-order chi connectivity index (χ0) is 13.8. The summed E-state index contributed by atoms with van der Waals surface area (Å²) in [6.45, 7) is 2.26. The van der Waals surface area contributed by atoms with Gasteiger partial charge in [0, 0.05) is 17.8 Å². The zero-order valence-electron chi connectivity index (χ0n) is 11.5. The normalized spacial score (nSPS) is 11.2. The van der Waals surface area contributed by atoms with E-state index in [1.54, 1.807) is 0 Å². The zero-order valence-corrected chi connectivity index (χ0v) is 11.5. The third-order valence-corrected chi connectivity index (χ3v) is 3.94. The fraction of sp³-hybridized carbons (Fsp3) is 0.105. The van der Waals surface area contributed by atoms with E-state index < -0.39 is 0 Å². The molecule has 0 amide bonds. The topological polar surface area (TPSA) is 12.9 Å². The second kappa shape index (κ2) is 5.30. The Kier molecular flexibility index (Phi) is 3.34. The fourth-order valence-corrected chi connectivity index (χ4v) is 2.70. The Morgan fingerprint density at radius 1 is 0.650 bits per heavy atom. The standard InChI is InChI=1S/C19H17N/c1-19(16-9-4-2-5-10-16,17-11-6-3-7-12-17)18-13-8-14-20-15-18/h2-15H,1H3. The van der Waals surface area contributed by atoms with Gasteiger partial charge in [0.1, 0.15) is 0 Å². The number of rotatable bonds is 3. The second-order valence-electron chi connectivity index (χ2n) is 5.10. The molecule has 1 nitrogen and oxygen atoms in total. The van der Waals surface area contributed by atoms with Crippen molar-refractivity contribution in [2.75, 3.05) is 0 Å². The first-order valence-corrected chi connectivity index (χ1v) is 6.83. The molecule has 0 saturated heterocycles. The number of hydrogen-bond donors (Lipinski definition) is 0. The van der Waals surface area contributed by atoms with Crippen molar-refractivity contribution in [2.24, 2.45) is 0 Å². The predicted octanol–water partition coefficient (Wildman–Crippen LogP) is 4.44. The van der Waals surface area contributed by atoms with Crippen molar-refractivity contribution in [3.05, 3.63) is 102 Å². The van der Waals surface area contributed by atoms with E-state index in [1.165, 1.54) is 16.7 Å². The first-order chi connectivity index (χ1) is 9.82. The Morgan fingerprint density at radius 2 is 1.15 bits per heavy atom. The van der Waals surface area contributed by atoms with Crippen LogP contribution in [0, 0.1) is 0 Å². The van der Waals surface area contributed by atoms with Gasteiger partial charge in [-0.3, -0.25) is 4.98 Å². The van der Waals surface area contributed by atoms with Crippen LogP contribution in [0.1, 0.15) is 23.6 Å². The van der Waals surface area contributed by atoms with Gasteiger partial charge in [-0.25, -0.2) is 0 Å². The summed E-state index contributed by atoms with van der Waals surface area (Å²) >= 11 is 0. The highest BCUT2D eigenvalue weighted by molar-refractivity contribution is 5.48. The van der Waals surface area contributed by atoms with Crippen LogP contribution in [-0.4, -0.2) is 4.98 Å². The van der Waals surface area contributed by atoms with Gasteiger partial charge in [-0.15, -0.1) is 0 Å². The molecule has 0 fully saturated rings. The van der Waals surface area contributed by atoms with Crippen molar-refractivity contribution in [1.82, 2.24) is 4.98 Å². The van der Waals surface area contributed by atoms with E-state index in [4.69, 9.17) is 0 Å². The van der Waals surface area contributed by atoms with Crippen molar-refractivity contribution >= 4 is 0 Å². The van der Waals surface area contributed by atoms with Crippen LogP contribution in [0.2, 0.25) is 0 Å². The van der Waals surface area contributed by atoms with Gasteiger partial charge in [-0.2, -0.15) is 0 Å². The van der Waals surface area contributed by atoms with Crippen LogP contribution in [0.25, 0.3) is 0 Å². The van der Waals surface area contributed by atoms with E-state index in [9.17, 15) is 0 Å². The Labute approximate surface area is 119 Å². The molecule has 98 valence electrons. The largest absolute Gasteiger partial charge is 0.264 e. The quantitative estimate of drug-likeness (QED) is 0.677. The van der Waals surface area contributed by atoms with Gasteiger partial charge in [-0.1, -0.05) is 66.7 Å². The summed E-state index contributed by atoms with van der Waals surface area (Å²) in [5.74, 6) is 0. The van der Waals surface area contributed by atoms with Gasteiger partial charge in [0.15, 0.2) is 0 Å². The van der Waals surface area contributed by atoms with Crippen LogP contribution >= 0.6 is 0 Å². The number of aromatic nitrogens is 1. The van der Waals surface area contributed by atoms with Crippen LogP contribution in [0.15, 0.2) is 85.2 Å². The third-order valence-electron chi connectivity index (χ3n) is 3.94. The number of hydrogen-bond acceptors (Lipinski definition) is 1. The fourth-order valence-electron chi connectivity index (χ4n) is 2.70. The summed E-state index contributed by atoms with van der Waals surface area (Å²) in [6.07, 6.45) is 3.78. The molecule has 0 radical (unpaired) electrons. The van der Waals surface area contributed by atoms with E-state index in [0.29, 0.717) is 0 Å². The van der Waals surface area contributed by atoms with E-state index >= 15 is 0 Å². The van der Waals surface area contributed by atoms with Gasteiger partial charge < -0.3 is 0 Å². The molecular weight excluding hydrogens is 242 g/mol. The maximum atomic E-state index is 4.30. The Bertz CT molecular complexity index is 563. The van der Waals surface area contributed by atoms with Crippen LogP contribution in [0.5, 0.6) is 0 Å².